The summed E-state index contributed by atoms with van der Waals surface area (Å²) in [5, 5.41) is 0. The molecule has 2 N–H and O–H groups in total. The fourth-order valence-electron chi connectivity index (χ4n) is 1.39. The Morgan fingerprint density at radius 1 is 1.59 bits per heavy atom. The maximum absolute atomic E-state index is 11.9. The van der Waals surface area contributed by atoms with Crippen LogP contribution in [0.5, 0.6) is 0 Å². The SMILES string of the molecule is COC(=O)c1nc2c(I)cccn2c(=O)c1N. The van der Waals surface area contributed by atoms with Crippen molar-refractivity contribution in [2.24, 2.45) is 0 Å². The summed E-state index contributed by atoms with van der Waals surface area (Å²) in [6.07, 6.45) is 1.55. The molecule has 0 aliphatic carbocycles. The van der Waals surface area contributed by atoms with Gasteiger partial charge in [0, 0.05) is 6.20 Å². The molecule has 88 valence electrons. The highest BCUT2D eigenvalue weighted by atomic mass is 127. The van der Waals surface area contributed by atoms with Crippen LogP contribution >= 0.6 is 22.6 Å². The minimum atomic E-state index is -0.721. The second-order valence-corrected chi connectivity index (χ2v) is 4.38. The average molecular weight is 345 g/mol. The lowest BCUT2D eigenvalue weighted by molar-refractivity contribution is 0.0595. The van der Waals surface area contributed by atoms with Gasteiger partial charge in [0.05, 0.1) is 10.7 Å². The number of fused-ring (bicyclic) bond motifs is 1. The third kappa shape index (κ3) is 1.86. The van der Waals surface area contributed by atoms with Crippen LogP contribution in [0, 0.1) is 3.57 Å². The van der Waals surface area contributed by atoms with Crippen LogP contribution in [-0.2, 0) is 4.74 Å². The molecular weight excluding hydrogens is 337 g/mol. The molecule has 0 saturated carbocycles. The lowest BCUT2D eigenvalue weighted by atomic mass is 10.3. The van der Waals surface area contributed by atoms with E-state index in [4.69, 9.17) is 5.73 Å². The molecule has 17 heavy (non-hydrogen) atoms. The van der Waals surface area contributed by atoms with Gasteiger partial charge in [-0.25, -0.2) is 9.78 Å². The van der Waals surface area contributed by atoms with Gasteiger partial charge in [-0.05, 0) is 34.7 Å². The smallest absolute Gasteiger partial charge is 0.359 e. The maximum atomic E-state index is 11.9. The standard InChI is InChI=1S/C10H8IN3O3/c1-17-10(16)7-6(12)9(15)14-4-2-3-5(11)8(14)13-7/h2-4H,12H2,1H3. The number of esters is 1. The molecule has 2 aromatic heterocycles. The number of carbonyl (C=O) groups excluding carboxylic acids is 1. The van der Waals surface area contributed by atoms with Crippen molar-refractivity contribution < 1.29 is 9.53 Å². The number of nitrogens with zero attached hydrogens (tertiary/aromatic N) is 2. The van der Waals surface area contributed by atoms with E-state index >= 15 is 0 Å². The summed E-state index contributed by atoms with van der Waals surface area (Å²) in [6.45, 7) is 0. The summed E-state index contributed by atoms with van der Waals surface area (Å²) in [5.74, 6) is -0.721. The summed E-state index contributed by atoms with van der Waals surface area (Å²) < 4.78 is 6.57. The van der Waals surface area contributed by atoms with Gasteiger partial charge in [0.2, 0.25) is 0 Å². The molecule has 0 bridgehead atoms. The minimum absolute atomic E-state index is 0.151. The first-order valence-electron chi connectivity index (χ1n) is 4.61. The fourth-order valence-corrected chi connectivity index (χ4v) is 1.98. The lowest BCUT2D eigenvalue weighted by Gasteiger charge is -2.06. The summed E-state index contributed by atoms with van der Waals surface area (Å²) in [6, 6.07) is 3.48. The molecule has 2 aromatic rings. The van der Waals surface area contributed by atoms with Crippen LogP contribution in [0.2, 0.25) is 0 Å². The Morgan fingerprint density at radius 3 is 2.94 bits per heavy atom. The Kier molecular flexibility index (Phi) is 3.01. The van der Waals surface area contributed by atoms with Crippen molar-refractivity contribution in [2.75, 3.05) is 12.8 Å². The number of hydrogen-bond donors (Lipinski definition) is 1. The highest BCUT2D eigenvalue weighted by Crippen LogP contribution is 2.13. The summed E-state index contributed by atoms with van der Waals surface area (Å²) in [5.41, 5.74) is 5.12. The molecule has 0 spiro atoms. The molecule has 0 aromatic carbocycles. The van der Waals surface area contributed by atoms with Crippen molar-refractivity contribution in [3.8, 4) is 0 Å². The van der Waals surface area contributed by atoms with E-state index in [1.165, 1.54) is 11.5 Å². The van der Waals surface area contributed by atoms with Gasteiger partial charge in [0.25, 0.3) is 5.56 Å². The monoisotopic (exact) mass is 345 g/mol. The summed E-state index contributed by atoms with van der Waals surface area (Å²) in [7, 11) is 1.21. The van der Waals surface area contributed by atoms with Gasteiger partial charge in [-0.1, -0.05) is 0 Å². The number of pyridine rings is 1. The topological polar surface area (TPSA) is 86.7 Å². The molecule has 0 aliphatic heterocycles. The number of nitrogen functional groups attached to an aromatic ring is 1. The third-order valence-electron chi connectivity index (χ3n) is 2.22. The van der Waals surface area contributed by atoms with Gasteiger partial charge < -0.3 is 10.5 Å². The number of methoxy groups -OCH3 is 1. The fraction of sp³-hybridized carbons (Fsp3) is 0.100. The minimum Gasteiger partial charge on any atom is -0.464 e. The highest BCUT2D eigenvalue weighted by Gasteiger charge is 2.17. The molecule has 7 heteroatoms. The first kappa shape index (κ1) is 11.8. The van der Waals surface area contributed by atoms with Crippen LogP contribution in [0.3, 0.4) is 0 Å². The summed E-state index contributed by atoms with van der Waals surface area (Å²) in [4.78, 5) is 27.4. The zero-order valence-electron chi connectivity index (χ0n) is 8.81. The quantitative estimate of drug-likeness (QED) is 0.606. The normalized spacial score (nSPS) is 10.5. The number of carbonyl (C=O) groups is 1. The largest absolute Gasteiger partial charge is 0.464 e. The van der Waals surface area contributed by atoms with Crippen molar-refractivity contribution in [3.05, 3.63) is 37.9 Å². The van der Waals surface area contributed by atoms with E-state index in [1.807, 2.05) is 22.6 Å². The highest BCUT2D eigenvalue weighted by molar-refractivity contribution is 14.1. The molecule has 0 fully saturated rings. The van der Waals surface area contributed by atoms with Crippen molar-refractivity contribution in [2.45, 2.75) is 0 Å². The number of ether oxygens (including phenoxy) is 1. The molecule has 0 radical (unpaired) electrons. The zero-order valence-corrected chi connectivity index (χ0v) is 11.0. The second kappa shape index (κ2) is 4.32. The molecule has 0 unspecified atom stereocenters. The van der Waals surface area contributed by atoms with Crippen LogP contribution < -0.4 is 11.3 Å². The molecule has 6 nitrogen and oxygen atoms in total. The molecular formula is C10H8IN3O3. The van der Waals surface area contributed by atoms with Gasteiger partial charge in [0.1, 0.15) is 5.69 Å². The van der Waals surface area contributed by atoms with E-state index in [9.17, 15) is 9.59 Å². The van der Waals surface area contributed by atoms with Crippen LogP contribution in [0.1, 0.15) is 10.5 Å². The third-order valence-corrected chi connectivity index (χ3v) is 3.06. The number of halogens is 1. The zero-order chi connectivity index (χ0) is 12.6. The molecule has 0 saturated heterocycles. The number of aromatic nitrogens is 2. The molecule has 2 rings (SSSR count). The van der Waals surface area contributed by atoms with E-state index in [1.54, 1.807) is 18.3 Å². The molecule has 2 heterocycles. The number of anilines is 1. The Hall–Kier alpha value is -1.64. The van der Waals surface area contributed by atoms with Crippen molar-refractivity contribution in [3.63, 3.8) is 0 Å². The number of hydrogen-bond acceptors (Lipinski definition) is 5. The predicted octanol–water partition coefficient (Wildman–Crippen LogP) is 0.668. The number of rotatable bonds is 1. The molecule has 0 atom stereocenters. The van der Waals surface area contributed by atoms with Crippen LogP contribution in [0.25, 0.3) is 5.65 Å². The van der Waals surface area contributed by atoms with Crippen molar-refractivity contribution in [1.29, 1.82) is 0 Å². The van der Waals surface area contributed by atoms with Crippen molar-refractivity contribution >= 4 is 39.9 Å². The first-order valence-corrected chi connectivity index (χ1v) is 5.68. The van der Waals surface area contributed by atoms with Crippen molar-refractivity contribution in [1.82, 2.24) is 9.38 Å². The molecule has 0 aliphatic rings. The number of nitrogens with two attached hydrogens (primary N) is 1. The molecule has 0 amide bonds. The van der Waals surface area contributed by atoms with Gasteiger partial charge >= 0.3 is 5.97 Å². The summed E-state index contributed by atoms with van der Waals surface area (Å²) >= 11 is 2.02. The lowest BCUT2D eigenvalue weighted by Crippen LogP contribution is -2.24. The second-order valence-electron chi connectivity index (χ2n) is 3.22. The Morgan fingerprint density at radius 2 is 2.29 bits per heavy atom. The predicted molar refractivity (Wildman–Crippen MR) is 69.9 cm³/mol. The van der Waals surface area contributed by atoms with E-state index in [2.05, 4.69) is 9.72 Å². The van der Waals surface area contributed by atoms with Gasteiger partial charge in [-0.15, -0.1) is 0 Å². The van der Waals surface area contributed by atoms with E-state index in [0.717, 1.165) is 3.57 Å². The van der Waals surface area contributed by atoms with Crippen LogP contribution in [0.15, 0.2) is 23.1 Å². The Balaban J connectivity index is 2.91. The van der Waals surface area contributed by atoms with E-state index in [0.29, 0.717) is 5.65 Å². The van der Waals surface area contributed by atoms with Gasteiger partial charge in [-0.3, -0.25) is 9.20 Å². The Bertz CT molecular complexity index is 666. The van der Waals surface area contributed by atoms with E-state index in [-0.39, 0.29) is 11.4 Å². The average Bonchev–Trinajstić information content (AvgIpc) is 2.33. The van der Waals surface area contributed by atoms with Crippen LogP contribution in [0.4, 0.5) is 5.69 Å². The maximum Gasteiger partial charge on any atom is 0.359 e. The van der Waals surface area contributed by atoms with Gasteiger partial charge in [-0.2, -0.15) is 0 Å². The Labute approximate surface area is 110 Å². The van der Waals surface area contributed by atoms with Crippen LogP contribution in [-0.4, -0.2) is 22.5 Å². The van der Waals surface area contributed by atoms with E-state index < -0.39 is 11.5 Å². The first-order chi connectivity index (χ1) is 8.06. The van der Waals surface area contributed by atoms with Gasteiger partial charge in [0.15, 0.2) is 11.3 Å².